The maximum Gasteiger partial charge on any atom is 0.321 e. The number of carbonyl (C=O) groups excluding carboxylic acids is 1. The molecule has 0 aromatic carbocycles. The Morgan fingerprint density at radius 2 is 2.35 bits per heavy atom. The lowest BCUT2D eigenvalue weighted by molar-refractivity contribution is -0.142. The van der Waals surface area contributed by atoms with Crippen molar-refractivity contribution in [2.45, 2.75) is 18.9 Å². The van der Waals surface area contributed by atoms with Crippen LogP contribution >= 0.6 is 0 Å². The molecule has 94 valence electrons. The monoisotopic (exact) mass is 241 g/mol. The van der Waals surface area contributed by atoms with Crippen molar-refractivity contribution in [1.29, 1.82) is 0 Å². The topological polar surface area (TPSA) is 132 Å². The fourth-order valence-corrected chi connectivity index (χ4v) is 1.76. The molecule has 0 radical (unpaired) electrons. The van der Waals surface area contributed by atoms with Crippen molar-refractivity contribution in [3.63, 3.8) is 0 Å². The van der Waals surface area contributed by atoms with Gasteiger partial charge in [0.15, 0.2) is 0 Å². The quantitative estimate of drug-likeness (QED) is 0.396. The van der Waals surface area contributed by atoms with E-state index in [0.717, 1.165) is 6.42 Å². The average molecular weight is 241 g/mol. The molecule has 0 aromatic rings. The highest BCUT2D eigenvalue weighted by molar-refractivity contribution is 5.84. The van der Waals surface area contributed by atoms with Gasteiger partial charge in [0, 0.05) is 24.5 Å². The first-order chi connectivity index (χ1) is 8.04. The van der Waals surface area contributed by atoms with Crippen LogP contribution in [0, 0.1) is 5.92 Å². The van der Waals surface area contributed by atoms with Crippen molar-refractivity contribution >= 4 is 11.9 Å². The molecule has 0 bridgehead atoms. The predicted molar refractivity (Wildman–Crippen MR) is 58.9 cm³/mol. The molecular weight excluding hydrogens is 226 g/mol. The summed E-state index contributed by atoms with van der Waals surface area (Å²) in [5.74, 6) is -1.28. The SMILES string of the molecule is [N-]=[N+]=NCC1CCN(C(=O)CC(N)C(=O)O)C1. The Morgan fingerprint density at radius 3 is 2.94 bits per heavy atom. The number of carboxylic acids is 1. The molecule has 0 aromatic heterocycles. The van der Waals surface area contributed by atoms with Gasteiger partial charge in [0.2, 0.25) is 5.91 Å². The number of azide groups is 1. The van der Waals surface area contributed by atoms with Crippen LogP contribution in [0.25, 0.3) is 10.4 Å². The number of hydrogen-bond acceptors (Lipinski definition) is 4. The van der Waals surface area contributed by atoms with Crippen LogP contribution in [-0.2, 0) is 9.59 Å². The van der Waals surface area contributed by atoms with Crippen molar-refractivity contribution in [2.24, 2.45) is 16.8 Å². The van der Waals surface area contributed by atoms with E-state index in [1.165, 1.54) is 0 Å². The Hall–Kier alpha value is -1.79. The number of likely N-dealkylation sites (tertiary alicyclic amines) is 1. The minimum atomic E-state index is -1.18. The molecule has 0 aliphatic carbocycles. The standard InChI is InChI=1S/C9H15N5O3/c10-7(9(16)17)3-8(15)14-2-1-6(5-14)4-12-13-11/h6-7H,1-5,10H2,(H,16,17). The summed E-state index contributed by atoms with van der Waals surface area (Å²) in [6, 6.07) is -1.15. The summed E-state index contributed by atoms with van der Waals surface area (Å²) in [7, 11) is 0. The van der Waals surface area contributed by atoms with Crippen LogP contribution in [0.1, 0.15) is 12.8 Å². The van der Waals surface area contributed by atoms with Crippen LogP contribution < -0.4 is 5.73 Å². The highest BCUT2D eigenvalue weighted by atomic mass is 16.4. The first-order valence-electron chi connectivity index (χ1n) is 5.31. The molecule has 0 saturated carbocycles. The molecular formula is C9H15N5O3. The lowest BCUT2D eigenvalue weighted by Gasteiger charge is -2.17. The van der Waals surface area contributed by atoms with Gasteiger partial charge >= 0.3 is 5.97 Å². The number of nitrogens with two attached hydrogens (primary N) is 1. The molecule has 8 heteroatoms. The molecule has 1 heterocycles. The fraction of sp³-hybridized carbons (Fsp3) is 0.778. The van der Waals surface area contributed by atoms with Gasteiger partial charge in [-0.15, -0.1) is 0 Å². The first kappa shape index (κ1) is 13.3. The molecule has 2 unspecified atom stereocenters. The predicted octanol–water partition coefficient (Wildman–Crippen LogP) is -0.0528. The highest BCUT2D eigenvalue weighted by Gasteiger charge is 2.27. The van der Waals surface area contributed by atoms with E-state index in [1.54, 1.807) is 4.90 Å². The zero-order valence-electron chi connectivity index (χ0n) is 9.32. The third-order valence-electron chi connectivity index (χ3n) is 2.75. The van der Waals surface area contributed by atoms with Gasteiger partial charge in [-0.3, -0.25) is 9.59 Å². The van der Waals surface area contributed by atoms with Crippen LogP contribution in [0.4, 0.5) is 0 Å². The third kappa shape index (κ3) is 3.93. The molecule has 0 spiro atoms. The summed E-state index contributed by atoms with van der Waals surface area (Å²) in [6.07, 6.45) is 0.580. The number of nitrogens with zero attached hydrogens (tertiary/aromatic N) is 4. The van der Waals surface area contributed by atoms with Gasteiger partial charge in [0.1, 0.15) is 6.04 Å². The van der Waals surface area contributed by atoms with Gasteiger partial charge in [-0.05, 0) is 17.9 Å². The molecule has 3 N–H and O–H groups in total. The minimum absolute atomic E-state index is 0.163. The smallest absolute Gasteiger partial charge is 0.321 e. The van der Waals surface area contributed by atoms with E-state index in [2.05, 4.69) is 10.0 Å². The molecule has 1 amide bonds. The van der Waals surface area contributed by atoms with Crippen LogP contribution in [0.5, 0.6) is 0 Å². The first-order valence-corrected chi connectivity index (χ1v) is 5.31. The van der Waals surface area contributed by atoms with Gasteiger partial charge in [0.25, 0.3) is 0 Å². The van der Waals surface area contributed by atoms with E-state index in [-0.39, 0.29) is 18.2 Å². The van der Waals surface area contributed by atoms with Crippen LogP contribution in [0.2, 0.25) is 0 Å². The van der Waals surface area contributed by atoms with Crippen molar-refractivity contribution in [3.8, 4) is 0 Å². The Labute approximate surface area is 98.0 Å². The highest BCUT2D eigenvalue weighted by Crippen LogP contribution is 2.17. The van der Waals surface area contributed by atoms with Gasteiger partial charge < -0.3 is 15.7 Å². The number of aliphatic carboxylic acids is 1. The van der Waals surface area contributed by atoms with E-state index in [9.17, 15) is 9.59 Å². The lowest BCUT2D eigenvalue weighted by atomic mass is 10.1. The Kier molecular flexibility index (Phi) is 4.74. The van der Waals surface area contributed by atoms with E-state index in [4.69, 9.17) is 16.4 Å². The van der Waals surface area contributed by atoms with Crippen molar-refractivity contribution in [1.82, 2.24) is 4.90 Å². The molecule has 1 aliphatic rings. The van der Waals surface area contributed by atoms with E-state index in [0.29, 0.717) is 19.6 Å². The number of carbonyl (C=O) groups is 2. The van der Waals surface area contributed by atoms with Crippen molar-refractivity contribution in [2.75, 3.05) is 19.6 Å². The van der Waals surface area contributed by atoms with Gasteiger partial charge in [-0.1, -0.05) is 5.11 Å². The maximum atomic E-state index is 11.7. The number of carboxylic acid groups (broad SMARTS) is 1. The largest absolute Gasteiger partial charge is 0.480 e. The number of amides is 1. The van der Waals surface area contributed by atoms with Gasteiger partial charge in [0.05, 0.1) is 6.42 Å². The Balaban J connectivity index is 2.40. The molecule has 17 heavy (non-hydrogen) atoms. The number of rotatable bonds is 5. The van der Waals surface area contributed by atoms with E-state index in [1.807, 2.05) is 0 Å². The second kappa shape index (κ2) is 6.07. The zero-order chi connectivity index (χ0) is 12.8. The summed E-state index contributed by atoms with van der Waals surface area (Å²) < 4.78 is 0. The normalized spacial score (nSPS) is 20.8. The summed E-state index contributed by atoms with van der Waals surface area (Å²) in [4.78, 5) is 26.4. The van der Waals surface area contributed by atoms with E-state index >= 15 is 0 Å². The summed E-state index contributed by atoms with van der Waals surface area (Å²) in [5, 5.41) is 12.1. The van der Waals surface area contributed by atoms with E-state index < -0.39 is 12.0 Å². The molecule has 1 saturated heterocycles. The van der Waals surface area contributed by atoms with Crippen LogP contribution in [0.15, 0.2) is 5.11 Å². The summed E-state index contributed by atoms with van der Waals surface area (Å²) in [5.41, 5.74) is 13.5. The summed E-state index contributed by atoms with van der Waals surface area (Å²) in [6.45, 7) is 1.44. The Bertz CT molecular complexity index is 353. The molecule has 1 fully saturated rings. The Morgan fingerprint density at radius 1 is 1.65 bits per heavy atom. The second-order valence-corrected chi connectivity index (χ2v) is 4.06. The van der Waals surface area contributed by atoms with Crippen molar-refractivity contribution < 1.29 is 14.7 Å². The van der Waals surface area contributed by atoms with Gasteiger partial charge in [-0.25, -0.2) is 0 Å². The fourth-order valence-electron chi connectivity index (χ4n) is 1.76. The lowest BCUT2D eigenvalue weighted by Crippen LogP contribution is -2.38. The second-order valence-electron chi connectivity index (χ2n) is 4.06. The molecule has 1 aliphatic heterocycles. The maximum absolute atomic E-state index is 11.7. The summed E-state index contributed by atoms with van der Waals surface area (Å²) >= 11 is 0. The van der Waals surface area contributed by atoms with Crippen molar-refractivity contribution in [3.05, 3.63) is 10.4 Å². The average Bonchev–Trinajstić information content (AvgIpc) is 2.74. The zero-order valence-corrected chi connectivity index (χ0v) is 9.32. The third-order valence-corrected chi connectivity index (χ3v) is 2.75. The van der Waals surface area contributed by atoms with Gasteiger partial charge in [-0.2, -0.15) is 0 Å². The van der Waals surface area contributed by atoms with Crippen LogP contribution in [-0.4, -0.2) is 47.6 Å². The van der Waals surface area contributed by atoms with Crippen LogP contribution in [0.3, 0.4) is 0 Å². The number of hydrogen-bond donors (Lipinski definition) is 2. The molecule has 8 nitrogen and oxygen atoms in total. The molecule has 2 atom stereocenters. The minimum Gasteiger partial charge on any atom is -0.480 e. The molecule has 1 rings (SSSR count).